The molecule has 0 saturated carbocycles. The van der Waals surface area contributed by atoms with Gasteiger partial charge in [0.15, 0.2) is 0 Å². The molecule has 2 aliphatic heterocycles. The van der Waals surface area contributed by atoms with Gasteiger partial charge in [-0.3, -0.25) is 14.5 Å². The van der Waals surface area contributed by atoms with Gasteiger partial charge in [-0.05, 0) is 63.2 Å². The van der Waals surface area contributed by atoms with Crippen molar-refractivity contribution in [3.05, 3.63) is 23.4 Å². The molecule has 0 atom stereocenters. The number of nitrogens with one attached hydrogen (secondary N) is 1. The molecule has 2 aliphatic rings. The molecule has 1 fully saturated rings. The number of piperidine rings is 1. The molecule has 0 radical (unpaired) electrons. The van der Waals surface area contributed by atoms with Crippen molar-refractivity contribution in [2.24, 2.45) is 5.92 Å². The van der Waals surface area contributed by atoms with Crippen LogP contribution in [0.15, 0.2) is 12.1 Å². The molecule has 1 saturated heterocycles. The summed E-state index contributed by atoms with van der Waals surface area (Å²) in [6.45, 7) is 3.15. The monoisotopic (exact) mass is 374 g/mol. The zero-order valence-corrected chi connectivity index (χ0v) is 16.1. The van der Waals surface area contributed by atoms with Gasteiger partial charge in [-0.1, -0.05) is 6.07 Å². The van der Waals surface area contributed by atoms with Gasteiger partial charge in [0.05, 0.1) is 6.54 Å². The largest absolute Gasteiger partial charge is 0.480 e. The Balaban J connectivity index is 1.41. The van der Waals surface area contributed by atoms with E-state index >= 15 is 0 Å². The number of carboxylic acid groups (broad SMARTS) is 1. The molecular weight excluding hydrogens is 344 g/mol. The zero-order valence-electron chi connectivity index (χ0n) is 16.1. The predicted molar refractivity (Wildman–Crippen MR) is 104 cm³/mol. The summed E-state index contributed by atoms with van der Waals surface area (Å²) >= 11 is 0. The highest BCUT2D eigenvalue weighted by molar-refractivity contribution is 5.78. The first kappa shape index (κ1) is 19.6. The van der Waals surface area contributed by atoms with E-state index in [2.05, 4.69) is 17.4 Å². The summed E-state index contributed by atoms with van der Waals surface area (Å²) in [4.78, 5) is 31.8. The quantitative estimate of drug-likeness (QED) is 0.754. The normalized spacial score (nSPS) is 17.8. The van der Waals surface area contributed by atoms with Gasteiger partial charge in [0.1, 0.15) is 5.82 Å². The van der Waals surface area contributed by atoms with Crippen LogP contribution in [0.25, 0.3) is 0 Å². The van der Waals surface area contributed by atoms with Crippen LogP contribution in [0.4, 0.5) is 5.82 Å². The Hall–Kier alpha value is -2.15. The standard InChI is InChI=1S/C20H30N4O3/c1-23(20(27)16-8-12-24(13-9-16)14-18(25)26)11-3-5-17-7-6-15-4-2-10-21-19(15)22-17/h6-7,16H,2-5,8-14H2,1H3,(H,21,22)(H,25,26). The number of nitrogens with zero attached hydrogens (tertiary/aromatic N) is 3. The number of likely N-dealkylation sites (tertiary alicyclic amines) is 1. The van der Waals surface area contributed by atoms with Crippen molar-refractivity contribution in [3.63, 3.8) is 0 Å². The third-order valence-electron chi connectivity index (χ3n) is 5.55. The van der Waals surface area contributed by atoms with E-state index in [1.54, 1.807) is 0 Å². The van der Waals surface area contributed by atoms with E-state index in [9.17, 15) is 9.59 Å². The van der Waals surface area contributed by atoms with Crippen LogP contribution in [0.3, 0.4) is 0 Å². The minimum atomic E-state index is -0.803. The maximum absolute atomic E-state index is 12.6. The van der Waals surface area contributed by atoms with E-state index in [4.69, 9.17) is 10.1 Å². The van der Waals surface area contributed by atoms with Gasteiger partial charge in [0.25, 0.3) is 0 Å². The fourth-order valence-electron chi connectivity index (χ4n) is 3.96. The van der Waals surface area contributed by atoms with Crippen molar-refractivity contribution in [2.45, 2.75) is 38.5 Å². The van der Waals surface area contributed by atoms with Crippen LogP contribution in [-0.2, 0) is 22.4 Å². The number of rotatable bonds is 7. The maximum atomic E-state index is 12.6. The Labute approximate surface area is 160 Å². The molecule has 2 N–H and O–H groups in total. The fraction of sp³-hybridized carbons (Fsp3) is 0.650. The molecule has 3 heterocycles. The molecule has 0 spiro atoms. The molecule has 1 aromatic rings. The fourth-order valence-corrected chi connectivity index (χ4v) is 3.96. The Kier molecular flexibility index (Phi) is 6.66. The van der Waals surface area contributed by atoms with Crippen LogP contribution in [0.2, 0.25) is 0 Å². The molecule has 1 aromatic heterocycles. The molecule has 0 unspecified atom stereocenters. The number of pyridine rings is 1. The lowest BCUT2D eigenvalue weighted by Gasteiger charge is -2.32. The summed E-state index contributed by atoms with van der Waals surface area (Å²) in [5.41, 5.74) is 2.37. The van der Waals surface area contributed by atoms with Crippen LogP contribution in [-0.4, -0.2) is 71.5 Å². The van der Waals surface area contributed by atoms with Gasteiger partial charge >= 0.3 is 5.97 Å². The van der Waals surface area contributed by atoms with Crippen LogP contribution >= 0.6 is 0 Å². The van der Waals surface area contributed by atoms with Gasteiger partial charge in [-0.25, -0.2) is 4.98 Å². The number of aromatic nitrogens is 1. The summed E-state index contributed by atoms with van der Waals surface area (Å²) in [5, 5.41) is 12.2. The molecule has 0 aromatic carbocycles. The minimum absolute atomic E-state index is 0.0196. The molecular formula is C20H30N4O3. The smallest absolute Gasteiger partial charge is 0.317 e. The van der Waals surface area contributed by atoms with E-state index in [0.717, 1.165) is 63.1 Å². The van der Waals surface area contributed by atoms with Crippen molar-refractivity contribution < 1.29 is 14.7 Å². The van der Waals surface area contributed by atoms with E-state index < -0.39 is 5.97 Å². The Bertz CT molecular complexity index is 671. The first-order valence-corrected chi connectivity index (χ1v) is 9.94. The topological polar surface area (TPSA) is 85.8 Å². The first-order valence-electron chi connectivity index (χ1n) is 9.94. The average molecular weight is 374 g/mol. The number of aryl methyl sites for hydroxylation is 2. The van der Waals surface area contributed by atoms with Crippen molar-refractivity contribution in [3.8, 4) is 0 Å². The maximum Gasteiger partial charge on any atom is 0.317 e. The number of hydrogen-bond acceptors (Lipinski definition) is 5. The van der Waals surface area contributed by atoms with E-state index in [0.29, 0.717) is 13.1 Å². The number of hydrogen-bond donors (Lipinski definition) is 2. The number of carbonyl (C=O) groups is 2. The second-order valence-corrected chi connectivity index (χ2v) is 7.65. The second kappa shape index (κ2) is 9.17. The lowest BCUT2D eigenvalue weighted by molar-refractivity contribution is -0.139. The van der Waals surface area contributed by atoms with Gasteiger partial charge in [0, 0.05) is 31.7 Å². The number of aliphatic carboxylic acids is 1. The highest BCUT2D eigenvalue weighted by Crippen LogP contribution is 2.21. The summed E-state index contributed by atoms with van der Waals surface area (Å²) in [6, 6.07) is 4.27. The first-order chi connectivity index (χ1) is 13.0. The van der Waals surface area contributed by atoms with Crippen molar-refractivity contribution >= 4 is 17.7 Å². The summed E-state index contributed by atoms with van der Waals surface area (Å²) in [5.74, 6) is 0.426. The Morgan fingerprint density at radius 1 is 1.33 bits per heavy atom. The lowest BCUT2D eigenvalue weighted by Crippen LogP contribution is -2.43. The molecule has 27 heavy (non-hydrogen) atoms. The summed E-state index contributed by atoms with van der Waals surface area (Å²) in [7, 11) is 1.87. The van der Waals surface area contributed by atoms with Gasteiger partial charge in [-0.2, -0.15) is 0 Å². The van der Waals surface area contributed by atoms with Crippen LogP contribution < -0.4 is 5.32 Å². The third kappa shape index (κ3) is 5.42. The number of carbonyl (C=O) groups excluding carboxylic acids is 1. The third-order valence-corrected chi connectivity index (χ3v) is 5.55. The summed E-state index contributed by atoms with van der Waals surface area (Å²) < 4.78 is 0. The highest BCUT2D eigenvalue weighted by Gasteiger charge is 2.27. The Morgan fingerprint density at radius 3 is 2.85 bits per heavy atom. The SMILES string of the molecule is CN(CCCc1ccc2c(n1)NCCC2)C(=O)C1CCN(CC(=O)O)CC1. The highest BCUT2D eigenvalue weighted by atomic mass is 16.4. The zero-order chi connectivity index (χ0) is 19.2. The van der Waals surface area contributed by atoms with Crippen molar-refractivity contribution in [1.29, 1.82) is 0 Å². The number of amides is 1. The van der Waals surface area contributed by atoms with Gasteiger partial charge in [0.2, 0.25) is 5.91 Å². The van der Waals surface area contributed by atoms with E-state index in [1.807, 2.05) is 16.8 Å². The number of carboxylic acids is 1. The molecule has 3 rings (SSSR count). The molecule has 0 aliphatic carbocycles. The molecule has 0 bridgehead atoms. The summed E-state index contributed by atoms with van der Waals surface area (Å²) in [6.07, 6.45) is 5.51. The molecule has 7 nitrogen and oxygen atoms in total. The average Bonchev–Trinajstić information content (AvgIpc) is 2.67. The van der Waals surface area contributed by atoms with Crippen molar-refractivity contribution in [2.75, 3.05) is 45.1 Å². The lowest BCUT2D eigenvalue weighted by atomic mass is 9.95. The van der Waals surface area contributed by atoms with E-state index in [-0.39, 0.29) is 18.4 Å². The predicted octanol–water partition coefficient (Wildman–Crippen LogP) is 1.63. The van der Waals surface area contributed by atoms with Crippen molar-refractivity contribution in [1.82, 2.24) is 14.8 Å². The van der Waals surface area contributed by atoms with Gasteiger partial charge in [-0.15, -0.1) is 0 Å². The number of anilines is 1. The van der Waals surface area contributed by atoms with Crippen LogP contribution in [0.5, 0.6) is 0 Å². The molecule has 1 amide bonds. The molecule has 148 valence electrons. The van der Waals surface area contributed by atoms with E-state index in [1.165, 1.54) is 5.56 Å². The second-order valence-electron chi connectivity index (χ2n) is 7.65. The van der Waals surface area contributed by atoms with Crippen LogP contribution in [0, 0.1) is 5.92 Å². The molecule has 7 heteroatoms. The Morgan fingerprint density at radius 2 is 2.11 bits per heavy atom. The van der Waals surface area contributed by atoms with Gasteiger partial charge < -0.3 is 15.3 Å². The van der Waals surface area contributed by atoms with Crippen LogP contribution in [0.1, 0.15) is 36.9 Å². The minimum Gasteiger partial charge on any atom is -0.480 e. The number of fused-ring (bicyclic) bond motifs is 1.